The van der Waals surface area contributed by atoms with Gasteiger partial charge in [0.25, 0.3) is 5.91 Å². The van der Waals surface area contributed by atoms with Gasteiger partial charge in [-0.15, -0.1) is 11.3 Å². The first-order valence-electron chi connectivity index (χ1n) is 8.67. The number of aromatic nitrogens is 1. The normalized spacial score (nSPS) is 18.6. The van der Waals surface area contributed by atoms with E-state index < -0.39 is 6.03 Å². The molecule has 8 heteroatoms. The highest BCUT2D eigenvalue weighted by molar-refractivity contribution is 7.21. The number of pyridine rings is 1. The molecule has 132 valence electrons. The van der Waals surface area contributed by atoms with Gasteiger partial charge in [0.15, 0.2) is 0 Å². The Kier molecular flexibility index (Phi) is 4.30. The minimum atomic E-state index is -0.668. The second-order valence-corrected chi connectivity index (χ2v) is 7.57. The molecule has 0 aromatic carbocycles. The minimum absolute atomic E-state index is 0.172. The molecule has 3 amide bonds. The highest BCUT2D eigenvalue weighted by atomic mass is 32.1. The van der Waals surface area contributed by atoms with Gasteiger partial charge in [-0.1, -0.05) is 32.1 Å². The van der Waals surface area contributed by atoms with Gasteiger partial charge in [-0.2, -0.15) is 5.06 Å². The van der Waals surface area contributed by atoms with Gasteiger partial charge in [0.1, 0.15) is 9.71 Å². The van der Waals surface area contributed by atoms with Crippen molar-refractivity contribution < 1.29 is 14.8 Å². The maximum Gasteiger partial charge on any atom is 0.350 e. The molecule has 3 heterocycles. The van der Waals surface area contributed by atoms with Crippen LogP contribution in [0.15, 0.2) is 12.3 Å². The second-order valence-electron chi connectivity index (χ2n) is 6.57. The molecule has 3 N–H and O–H groups in total. The van der Waals surface area contributed by atoms with E-state index in [9.17, 15) is 14.8 Å². The van der Waals surface area contributed by atoms with Crippen molar-refractivity contribution in [2.45, 2.75) is 51.0 Å². The molecule has 1 fully saturated rings. The molecule has 4 rings (SSSR count). The van der Waals surface area contributed by atoms with Crippen LogP contribution < -0.4 is 15.7 Å². The summed E-state index contributed by atoms with van der Waals surface area (Å²) in [4.78, 5) is 30.1. The van der Waals surface area contributed by atoms with E-state index in [0.29, 0.717) is 31.5 Å². The summed E-state index contributed by atoms with van der Waals surface area (Å²) in [6, 6.07) is 1.07. The van der Waals surface area contributed by atoms with Crippen LogP contribution >= 0.6 is 11.3 Å². The Hall–Kier alpha value is -2.19. The van der Waals surface area contributed by atoms with Crippen molar-refractivity contribution in [3.05, 3.63) is 17.1 Å². The molecule has 1 saturated carbocycles. The molecule has 0 spiro atoms. The van der Waals surface area contributed by atoms with Crippen molar-refractivity contribution >= 4 is 44.9 Å². The number of thiophene rings is 1. The number of urea groups is 1. The van der Waals surface area contributed by atoms with E-state index in [-0.39, 0.29) is 11.9 Å². The lowest BCUT2D eigenvalue weighted by atomic mass is 9.96. The average Bonchev–Trinajstić information content (AvgIpc) is 2.94. The van der Waals surface area contributed by atoms with Gasteiger partial charge in [-0.25, -0.2) is 9.78 Å². The van der Waals surface area contributed by atoms with Crippen LogP contribution in [0, 0.1) is 0 Å². The number of nitrogens with one attached hydrogen (secondary N) is 2. The molecule has 1 aliphatic carbocycles. The lowest BCUT2D eigenvalue weighted by Gasteiger charge is -2.23. The number of amides is 3. The second kappa shape index (κ2) is 6.61. The predicted molar refractivity (Wildman–Crippen MR) is 96.5 cm³/mol. The molecule has 0 radical (unpaired) electrons. The molecule has 2 aromatic heterocycles. The molecule has 0 saturated heterocycles. The molecule has 25 heavy (non-hydrogen) atoms. The van der Waals surface area contributed by atoms with Crippen LogP contribution in [0.3, 0.4) is 0 Å². The van der Waals surface area contributed by atoms with Crippen LogP contribution in [0.5, 0.6) is 0 Å². The van der Waals surface area contributed by atoms with Gasteiger partial charge in [-0.3, -0.25) is 10.0 Å². The zero-order chi connectivity index (χ0) is 17.4. The minimum Gasteiger partial charge on any atom is -0.349 e. The Bertz CT molecular complexity index is 827. The van der Waals surface area contributed by atoms with Crippen molar-refractivity contribution in [1.29, 1.82) is 0 Å². The predicted octanol–water partition coefficient (Wildman–Crippen LogP) is 3.88. The molecule has 7 nitrogen and oxygen atoms in total. The van der Waals surface area contributed by atoms with E-state index in [1.54, 1.807) is 6.07 Å². The van der Waals surface area contributed by atoms with Gasteiger partial charge in [0, 0.05) is 12.2 Å². The van der Waals surface area contributed by atoms with Crippen LogP contribution in [-0.4, -0.2) is 28.2 Å². The number of anilines is 2. The van der Waals surface area contributed by atoms with Crippen molar-refractivity contribution in [1.82, 2.24) is 10.3 Å². The fourth-order valence-electron chi connectivity index (χ4n) is 3.58. The van der Waals surface area contributed by atoms with Crippen molar-refractivity contribution in [2.75, 3.05) is 10.4 Å². The lowest BCUT2D eigenvalue weighted by molar-refractivity contribution is 0.0935. The standard InChI is InChI=1S/C17H20N4O3S/c22-15(19-10-6-4-2-1-3-5-7-10)14-13-12-11(21(24)17(23)20-13)8-9-18-16(12)25-14/h8-10,24H,1-7H2,(H,19,22)(H,20,23). The van der Waals surface area contributed by atoms with Gasteiger partial charge in [0.05, 0.1) is 16.8 Å². The number of rotatable bonds is 2. The number of hydrogen-bond acceptors (Lipinski definition) is 5. The summed E-state index contributed by atoms with van der Waals surface area (Å²) in [6.45, 7) is 0. The van der Waals surface area contributed by atoms with E-state index >= 15 is 0 Å². The summed E-state index contributed by atoms with van der Waals surface area (Å²) in [5.41, 5.74) is 0.798. The highest BCUT2D eigenvalue weighted by Crippen LogP contribution is 2.42. The smallest absolute Gasteiger partial charge is 0.349 e. The number of hydroxylamine groups is 1. The Labute approximate surface area is 149 Å². The largest absolute Gasteiger partial charge is 0.350 e. The quantitative estimate of drug-likeness (QED) is 0.708. The van der Waals surface area contributed by atoms with E-state index in [4.69, 9.17) is 0 Å². The topological polar surface area (TPSA) is 94.6 Å². The summed E-state index contributed by atoms with van der Waals surface area (Å²) in [7, 11) is 0. The Balaban J connectivity index is 1.64. The fraction of sp³-hybridized carbons (Fsp3) is 0.471. The van der Waals surface area contributed by atoms with Crippen LogP contribution in [0.25, 0.3) is 10.2 Å². The zero-order valence-electron chi connectivity index (χ0n) is 13.7. The summed E-state index contributed by atoms with van der Waals surface area (Å²) in [5, 5.41) is 16.8. The summed E-state index contributed by atoms with van der Waals surface area (Å²) in [6.07, 6.45) is 9.48. The van der Waals surface area contributed by atoms with E-state index in [2.05, 4.69) is 15.6 Å². The third kappa shape index (κ3) is 2.96. The van der Waals surface area contributed by atoms with E-state index in [1.807, 2.05) is 0 Å². The van der Waals surface area contributed by atoms with Crippen LogP contribution in [0.2, 0.25) is 0 Å². The molecule has 0 bridgehead atoms. The molecule has 2 aliphatic rings. The first kappa shape index (κ1) is 16.3. The molecule has 2 aromatic rings. The third-order valence-electron chi connectivity index (χ3n) is 4.87. The Morgan fingerprint density at radius 2 is 2.00 bits per heavy atom. The summed E-state index contributed by atoms with van der Waals surface area (Å²) in [5.74, 6) is -0.179. The van der Waals surface area contributed by atoms with E-state index in [0.717, 1.165) is 25.7 Å². The van der Waals surface area contributed by atoms with Crippen LogP contribution in [0.1, 0.15) is 54.6 Å². The van der Waals surface area contributed by atoms with Crippen molar-refractivity contribution in [3.63, 3.8) is 0 Å². The molecular formula is C17H20N4O3S. The fourth-order valence-corrected chi connectivity index (χ4v) is 4.61. The average molecular weight is 360 g/mol. The van der Waals surface area contributed by atoms with Gasteiger partial charge in [0.2, 0.25) is 0 Å². The molecule has 0 atom stereocenters. The zero-order valence-corrected chi connectivity index (χ0v) is 14.6. The summed E-state index contributed by atoms with van der Waals surface area (Å²) < 4.78 is 0. The maximum atomic E-state index is 12.8. The maximum absolute atomic E-state index is 12.8. The van der Waals surface area contributed by atoms with Crippen molar-refractivity contribution in [3.8, 4) is 0 Å². The number of carbonyl (C=O) groups excluding carboxylic acids is 2. The van der Waals surface area contributed by atoms with Crippen LogP contribution in [-0.2, 0) is 0 Å². The first-order valence-corrected chi connectivity index (χ1v) is 9.49. The van der Waals surface area contributed by atoms with Gasteiger partial charge >= 0.3 is 6.03 Å². The van der Waals surface area contributed by atoms with Crippen molar-refractivity contribution in [2.24, 2.45) is 0 Å². The molecular weight excluding hydrogens is 340 g/mol. The summed E-state index contributed by atoms with van der Waals surface area (Å²) >= 11 is 1.24. The van der Waals surface area contributed by atoms with E-state index in [1.165, 1.54) is 36.8 Å². The van der Waals surface area contributed by atoms with Gasteiger partial charge in [-0.05, 0) is 18.9 Å². The third-order valence-corrected chi connectivity index (χ3v) is 5.97. The van der Waals surface area contributed by atoms with Crippen LogP contribution in [0.4, 0.5) is 16.2 Å². The lowest BCUT2D eigenvalue weighted by Crippen LogP contribution is -2.37. The monoisotopic (exact) mass is 360 g/mol. The molecule has 0 unspecified atom stereocenters. The Morgan fingerprint density at radius 3 is 2.76 bits per heavy atom. The van der Waals surface area contributed by atoms with Gasteiger partial charge < -0.3 is 10.6 Å². The Morgan fingerprint density at radius 1 is 1.28 bits per heavy atom. The first-order chi connectivity index (χ1) is 12.1. The number of hydrogen-bond donors (Lipinski definition) is 3. The molecule has 1 aliphatic heterocycles. The SMILES string of the molecule is O=C(NC1CCCCCCC1)c1sc2nccc3c2c1NC(=O)N3O. The highest BCUT2D eigenvalue weighted by Gasteiger charge is 2.31. The number of nitrogens with zero attached hydrogens (tertiary/aromatic N) is 2. The number of carbonyl (C=O) groups is 2.